The second-order valence-corrected chi connectivity index (χ2v) is 9.11. The fourth-order valence-corrected chi connectivity index (χ4v) is 5.49. The number of nitrogens with zero attached hydrogens (tertiary/aromatic N) is 4. The summed E-state index contributed by atoms with van der Waals surface area (Å²) in [6.07, 6.45) is 2.72. The van der Waals surface area contributed by atoms with Crippen molar-refractivity contribution in [2.75, 3.05) is 19.6 Å². The van der Waals surface area contributed by atoms with E-state index < -0.39 is 10.0 Å². The van der Waals surface area contributed by atoms with E-state index in [4.69, 9.17) is 0 Å². The minimum absolute atomic E-state index is 0.0543. The molecule has 0 atom stereocenters. The standard InChI is InChI=1S/C19H24N4O3S/c1-15-7-2-3-8-18(15)27(25,26)22-11-6-12-23-16(14-22)13-17(20-23)19(24)21-9-4-5-10-21/h2-3,7-8,13H,4-6,9-12,14H2,1H3. The highest BCUT2D eigenvalue weighted by molar-refractivity contribution is 7.89. The van der Waals surface area contributed by atoms with Crippen LogP contribution in [0.2, 0.25) is 0 Å². The number of sulfonamides is 1. The first-order valence-electron chi connectivity index (χ1n) is 9.38. The highest BCUT2D eigenvalue weighted by Gasteiger charge is 2.30. The van der Waals surface area contributed by atoms with Gasteiger partial charge in [-0.1, -0.05) is 18.2 Å². The minimum Gasteiger partial charge on any atom is -0.337 e. The number of likely N-dealkylation sites (tertiary alicyclic amines) is 1. The average molecular weight is 388 g/mol. The van der Waals surface area contributed by atoms with Gasteiger partial charge in [-0.15, -0.1) is 0 Å². The Morgan fingerprint density at radius 1 is 1.04 bits per heavy atom. The molecule has 7 nitrogen and oxygen atoms in total. The number of fused-ring (bicyclic) bond motifs is 1. The number of carbonyl (C=O) groups is 1. The van der Waals surface area contributed by atoms with E-state index in [1.807, 2.05) is 24.0 Å². The summed E-state index contributed by atoms with van der Waals surface area (Å²) in [6.45, 7) is 4.64. The molecule has 1 saturated heterocycles. The molecule has 27 heavy (non-hydrogen) atoms. The lowest BCUT2D eigenvalue weighted by molar-refractivity contribution is 0.0786. The molecule has 144 valence electrons. The molecule has 1 aromatic heterocycles. The molecule has 2 aromatic rings. The molecule has 0 bridgehead atoms. The third kappa shape index (κ3) is 3.39. The molecule has 1 fully saturated rings. The van der Waals surface area contributed by atoms with Crippen LogP contribution in [0, 0.1) is 6.92 Å². The van der Waals surface area contributed by atoms with E-state index in [0.29, 0.717) is 30.1 Å². The van der Waals surface area contributed by atoms with E-state index in [2.05, 4.69) is 5.10 Å². The first-order chi connectivity index (χ1) is 13.0. The highest BCUT2D eigenvalue weighted by Crippen LogP contribution is 2.24. The Morgan fingerprint density at radius 2 is 1.78 bits per heavy atom. The van der Waals surface area contributed by atoms with Crippen molar-refractivity contribution in [3.05, 3.63) is 47.3 Å². The summed E-state index contributed by atoms with van der Waals surface area (Å²) >= 11 is 0. The van der Waals surface area contributed by atoms with Crippen LogP contribution < -0.4 is 0 Å². The van der Waals surface area contributed by atoms with E-state index in [-0.39, 0.29) is 12.5 Å². The van der Waals surface area contributed by atoms with Crippen molar-refractivity contribution in [3.8, 4) is 0 Å². The zero-order valence-corrected chi connectivity index (χ0v) is 16.3. The van der Waals surface area contributed by atoms with Gasteiger partial charge in [0.25, 0.3) is 5.91 Å². The van der Waals surface area contributed by atoms with E-state index >= 15 is 0 Å². The number of aromatic nitrogens is 2. The van der Waals surface area contributed by atoms with E-state index in [9.17, 15) is 13.2 Å². The van der Waals surface area contributed by atoms with Crippen LogP contribution in [0.4, 0.5) is 0 Å². The largest absolute Gasteiger partial charge is 0.337 e. The van der Waals surface area contributed by atoms with Crippen LogP contribution in [0.25, 0.3) is 0 Å². The van der Waals surface area contributed by atoms with Gasteiger partial charge in [0.2, 0.25) is 10.0 Å². The zero-order chi connectivity index (χ0) is 19.0. The topological polar surface area (TPSA) is 75.5 Å². The zero-order valence-electron chi connectivity index (χ0n) is 15.5. The van der Waals surface area contributed by atoms with E-state index in [1.165, 1.54) is 4.31 Å². The summed E-state index contributed by atoms with van der Waals surface area (Å²) in [6, 6.07) is 8.79. The number of aryl methyl sites for hydroxylation is 2. The van der Waals surface area contributed by atoms with Gasteiger partial charge in [0.05, 0.1) is 17.1 Å². The van der Waals surface area contributed by atoms with Crippen LogP contribution >= 0.6 is 0 Å². The lowest BCUT2D eigenvalue weighted by Crippen LogP contribution is -2.31. The Kier molecular flexibility index (Phi) is 4.77. The molecule has 3 heterocycles. The summed E-state index contributed by atoms with van der Waals surface area (Å²) < 4.78 is 29.6. The van der Waals surface area contributed by atoms with Gasteiger partial charge in [-0.3, -0.25) is 9.48 Å². The van der Waals surface area contributed by atoms with Gasteiger partial charge in [0, 0.05) is 26.2 Å². The second-order valence-electron chi connectivity index (χ2n) is 7.20. The Balaban J connectivity index is 1.61. The number of benzene rings is 1. The van der Waals surface area contributed by atoms with Gasteiger partial charge in [0.15, 0.2) is 5.69 Å². The molecular weight excluding hydrogens is 364 g/mol. The summed E-state index contributed by atoms with van der Waals surface area (Å²) in [5, 5.41) is 4.47. The predicted molar refractivity (Wildman–Crippen MR) is 101 cm³/mol. The van der Waals surface area contributed by atoms with Crippen LogP contribution in [0.1, 0.15) is 41.0 Å². The predicted octanol–water partition coefficient (Wildman–Crippen LogP) is 2.02. The Hall–Kier alpha value is -2.19. The number of amides is 1. The van der Waals surface area contributed by atoms with Crippen LogP contribution in [-0.4, -0.2) is 52.9 Å². The minimum atomic E-state index is -3.59. The maximum atomic E-state index is 13.1. The van der Waals surface area contributed by atoms with Gasteiger partial charge in [-0.05, 0) is 43.9 Å². The lowest BCUT2D eigenvalue weighted by Gasteiger charge is -2.20. The van der Waals surface area contributed by atoms with E-state index in [0.717, 1.165) is 37.2 Å². The molecule has 2 aliphatic heterocycles. The van der Waals surface area contributed by atoms with Crippen LogP contribution in [0.3, 0.4) is 0 Å². The van der Waals surface area contributed by atoms with Gasteiger partial charge in [-0.2, -0.15) is 9.40 Å². The maximum absolute atomic E-state index is 13.1. The molecule has 4 rings (SSSR count). The smallest absolute Gasteiger partial charge is 0.274 e. The normalized spacial score (nSPS) is 18.3. The molecule has 0 unspecified atom stereocenters. The van der Waals surface area contributed by atoms with Gasteiger partial charge >= 0.3 is 0 Å². The Morgan fingerprint density at radius 3 is 2.52 bits per heavy atom. The fraction of sp³-hybridized carbons (Fsp3) is 0.474. The third-order valence-corrected chi connectivity index (χ3v) is 7.31. The maximum Gasteiger partial charge on any atom is 0.274 e. The molecule has 0 N–H and O–H groups in total. The van der Waals surface area contributed by atoms with Gasteiger partial charge in [0.1, 0.15) is 0 Å². The first-order valence-corrected chi connectivity index (χ1v) is 10.8. The number of rotatable bonds is 3. The summed E-state index contributed by atoms with van der Waals surface area (Å²) in [7, 11) is -3.59. The monoisotopic (exact) mass is 388 g/mol. The molecule has 0 saturated carbocycles. The van der Waals surface area contributed by atoms with Gasteiger partial charge < -0.3 is 4.90 Å². The van der Waals surface area contributed by atoms with Gasteiger partial charge in [-0.25, -0.2) is 8.42 Å². The molecular formula is C19H24N4O3S. The van der Waals surface area contributed by atoms with Crippen molar-refractivity contribution < 1.29 is 13.2 Å². The number of hydrogen-bond donors (Lipinski definition) is 0. The highest BCUT2D eigenvalue weighted by atomic mass is 32.2. The molecule has 0 aliphatic carbocycles. The molecule has 8 heteroatoms. The number of carbonyl (C=O) groups excluding carboxylic acids is 1. The fourth-order valence-electron chi connectivity index (χ4n) is 3.81. The molecule has 0 spiro atoms. The van der Waals surface area contributed by atoms with Crippen molar-refractivity contribution in [3.63, 3.8) is 0 Å². The summed E-state index contributed by atoms with van der Waals surface area (Å²) in [5.41, 5.74) is 1.93. The quantitative estimate of drug-likeness (QED) is 0.806. The molecule has 2 aliphatic rings. The lowest BCUT2D eigenvalue weighted by atomic mass is 10.2. The first kappa shape index (κ1) is 18.2. The van der Waals surface area contributed by atoms with Crippen molar-refractivity contribution in [1.29, 1.82) is 0 Å². The molecule has 1 aromatic carbocycles. The molecule has 0 radical (unpaired) electrons. The van der Waals surface area contributed by atoms with Crippen LogP contribution in [0.5, 0.6) is 0 Å². The SMILES string of the molecule is Cc1ccccc1S(=O)(=O)N1CCCn2nc(C(=O)N3CCCC3)cc2C1. The van der Waals surface area contributed by atoms with Crippen molar-refractivity contribution in [1.82, 2.24) is 19.0 Å². The Labute approximate surface area is 159 Å². The number of hydrogen-bond acceptors (Lipinski definition) is 4. The van der Waals surface area contributed by atoms with Crippen molar-refractivity contribution in [2.24, 2.45) is 0 Å². The third-order valence-electron chi connectivity index (χ3n) is 5.30. The van der Waals surface area contributed by atoms with Crippen molar-refractivity contribution >= 4 is 15.9 Å². The van der Waals surface area contributed by atoms with Crippen LogP contribution in [0.15, 0.2) is 35.2 Å². The summed E-state index contributed by atoms with van der Waals surface area (Å²) in [5.74, 6) is -0.0543. The van der Waals surface area contributed by atoms with E-state index in [1.54, 1.807) is 22.9 Å². The summed E-state index contributed by atoms with van der Waals surface area (Å²) in [4.78, 5) is 14.8. The second kappa shape index (κ2) is 7.09. The van der Waals surface area contributed by atoms with Crippen LogP contribution in [-0.2, 0) is 23.1 Å². The average Bonchev–Trinajstić information content (AvgIpc) is 3.27. The Bertz CT molecular complexity index is 961. The molecule has 1 amide bonds. The van der Waals surface area contributed by atoms with Crippen molar-refractivity contribution in [2.45, 2.75) is 44.2 Å².